The van der Waals surface area contributed by atoms with Crippen LogP contribution in [0.15, 0.2) is 48.8 Å². The second-order valence-electron chi connectivity index (χ2n) is 6.56. The first-order valence-corrected chi connectivity index (χ1v) is 8.92. The molecule has 8 heteroatoms. The minimum absolute atomic E-state index is 0.0104. The molecule has 4 rings (SSSR count). The molecule has 1 atom stereocenters. The molecule has 0 aliphatic carbocycles. The molecule has 3 aromatic rings. The van der Waals surface area contributed by atoms with Crippen molar-refractivity contribution in [2.45, 2.75) is 31.8 Å². The standard InChI is InChI=1S/C19H19FN6O/c20-17-6-2-1-4-15(17)12-18(27)25-11-3-5-16(25)13-26-23-19(22-24-26)14-7-9-21-10-8-14/h1-2,4,6-10,16H,3,5,11-13H2/t16-/m1/s1. The van der Waals surface area contributed by atoms with Crippen molar-refractivity contribution in [2.24, 2.45) is 0 Å². The number of likely N-dealkylation sites (tertiary alicyclic amines) is 1. The maximum atomic E-state index is 13.8. The summed E-state index contributed by atoms with van der Waals surface area (Å²) in [4.78, 5) is 20.0. The Morgan fingerprint density at radius 1 is 1.19 bits per heavy atom. The van der Waals surface area contributed by atoms with E-state index in [0.29, 0.717) is 24.5 Å². The predicted octanol–water partition coefficient (Wildman–Crippen LogP) is 2.11. The van der Waals surface area contributed by atoms with Gasteiger partial charge in [-0.3, -0.25) is 9.78 Å². The highest BCUT2D eigenvalue weighted by Gasteiger charge is 2.30. The quantitative estimate of drug-likeness (QED) is 0.691. The van der Waals surface area contributed by atoms with Crippen LogP contribution in [0.4, 0.5) is 4.39 Å². The van der Waals surface area contributed by atoms with E-state index >= 15 is 0 Å². The van der Waals surface area contributed by atoms with Crippen molar-refractivity contribution >= 4 is 5.91 Å². The van der Waals surface area contributed by atoms with E-state index in [9.17, 15) is 9.18 Å². The number of tetrazole rings is 1. The van der Waals surface area contributed by atoms with Crippen LogP contribution in [0.2, 0.25) is 0 Å². The fourth-order valence-electron chi connectivity index (χ4n) is 3.39. The van der Waals surface area contributed by atoms with Crippen molar-refractivity contribution in [3.63, 3.8) is 0 Å². The monoisotopic (exact) mass is 366 g/mol. The third-order valence-corrected chi connectivity index (χ3v) is 4.76. The molecule has 0 radical (unpaired) electrons. The van der Waals surface area contributed by atoms with Gasteiger partial charge in [0.2, 0.25) is 11.7 Å². The first-order chi connectivity index (χ1) is 13.2. The maximum absolute atomic E-state index is 13.8. The zero-order valence-electron chi connectivity index (χ0n) is 14.7. The van der Waals surface area contributed by atoms with Crippen molar-refractivity contribution in [1.29, 1.82) is 0 Å². The Labute approximate surface area is 155 Å². The van der Waals surface area contributed by atoms with E-state index in [1.807, 2.05) is 17.0 Å². The molecule has 1 fully saturated rings. The van der Waals surface area contributed by atoms with Gasteiger partial charge in [-0.15, -0.1) is 10.2 Å². The SMILES string of the molecule is O=C(Cc1ccccc1F)N1CCC[C@@H]1Cn1nnc(-c2ccncc2)n1. The number of hydrogen-bond acceptors (Lipinski definition) is 5. The summed E-state index contributed by atoms with van der Waals surface area (Å²) in [7, 11) is 0. The zero-order chi connectivity index (χ0) is 18.6. The van der Waals surface area contributed by atoms with E-state index in [0.717, 1.165) is 18.4 Å². The summed E-state index contributed by atoms with van der Waals surface area (Å²) in [6, 6.07) is 10.0. The Hall–Kier alpha value is -3.16. The number of halogens is 1. The number of aromatic nitrogens is 5. The Morgan fingerprint density at radius 2 is 2.00 bits per heavy atom. The van der Waals surface area contributed by atoms with Crippen LogP contribution in [0.3, 0.4) is 0 Å². The van der Waals surface area contributed by atoms with Crippen molar-refractivity contribution in [1.82, 2.24) is 30.1 Å². The Morgan fingerprint density at radius 3 is 2.81 bits per heavy atom. The topological polar surface area (TPSA) is 76.8 Å². The summed E-state index contributed by atoms with van der Waals surface area (Å²) in [5.41, 5.74) is 1.27. The predicted molar refractivity (Wildman–Crippen MR) is 95.9 cm³/mol. The summed E-state index contributed by atoms with van der Waals surface area (Å²) < 4.78 is 13.8. The second-order valence-corrected chi connectivity index (χ2v) is 6.56. The summed E-state index contributed by atoms with van der Waals surface area (Å²) >= 11 is 0. The molecule has 0 bridgehead atoms. The van der Waals surface area contributed by atoms with Crippen LogP contribution in [-0.2, 0) is 17.8 Å². The maximum Gasteiger partial charge on any atom is 0.227 e. The number of amides is 1. The van der Waals surface area contributed by atoms with E-state index in [1.165, 1.54) is 10.9 Å². The molecule has 1 aliphatic heterocycles. The van der Waals surface area contributed by atoms with Gasteiger partial charge >= 0.3 is 0 Å². The summed E-state index contributed by atoms with van der Waals surface area (Å²) in [6.07, 6.45) is 5.21. The largest absolute Gasteiger partial charge is 0.337 e. The molecule has 27 heavy (non-hydrogen) atoms. The van der Waals surface area contributed by atoms with Crippen molar-refractivity contribution < 1.29 is 9.18 Å². The minimum atomic E-state index is -0.346. The molecular formula is C19H19FN6O. The summed E-state index contributed by atoms with van der Waals surface area (Å²) in [5, 5.41) is 12.6. The van der Waals surface area contributed by atoms with Crippen LogP contribution in [-0.4, -0.2) is 48.6 Å². The summed E-state index contributed by atoms with van der Waals surface area (Å²) in [5.74, 6) is 0.109. The normalized spacial score (nSPS) is 16.6. The molecule has 1 amide bonds. The molecule has 138 valence electrons. The fourth-order valence-corrected chi connectivity index (χ4v) is 3.39. The minimum Gasteiger partial charge on any atom is -0.337 e. The lowest BCUT2D eigenvalue weighted by Crippen LogP contribution is -2.39. The van der Waals surface area contributed by atoms with Crippen LogP contribution in [0.5, 0.6) is 0 Å². The van der Waals surface area contributed by atoms with Crippen LogP contribution >= 0.6 is 0 Å². The van der Waals surface area contributed by atoms with Gasteiger partial charge in [0.15, 0.2) is 0 Å². The molecule has 7 nitrogen and oxygen atoms in total. The molecule has 2 aromatic heterocycles. The van der Waals surface area contributed by atoms with E-state index in [4.69, 9.17) is 0 Å². The van der Waals surface area contributed by atoms with Gasteiger partial charge < -0.3 is 4.90 Å². The first-order valence-electron chi connectivity index (χ1n) is 8.92. The Balaban J connectivity index is 1.44. The number of benzene rings is 1. The first kappa shape index (κ1) is 17.3. The van der Waals surface area contributed by atoms with Gasteiger partial charge in [0, 0.05) is 24.5 Å². The lowest BCUT2D eigenvalue weighted by atomic mass is 10.1. The third kappa shape index (κ3) is 3.84. The van der Waals surface area contributed by atoms with Gasteiger partial charge in [-0.2, -0.15) is 4.80 Å². The zero-order valence-corrected chi connectivity index (χ0v) is 14.7. The Bertz CT molecular complexity index is 929. The highest BCUT2D eigenvalue weighted by atomic mass is 19.1. The van der Waals surface area contributed by atoms with Crippen LogP contribution < -0.4 is 0 Å². The molecule has 1 saturated heterocycles. The second kappa shape index (κ2) is 7.61. The van der Waals surface area contributed by atoms with Gasteiger partial charge in [0.25, 0.3) is 0 Å². The van der Waals surface area contributed by atoms with Crippen molar-refractivity contribution in [3.05, 3.63) is 60.2 Å². The van der Waals surface area contributed by atoms with E-state index < -0.39 is 0 Å². The van der Waals surface area contributed by atoms with Gasteiger partial charge in [0.1, 0.15) is 5.82 Å². The molecule has 0 unspecified atom stereocenters. The van der Waals surface area contributed by atoms with Gasteiger partial charge in [-0.05, 0) is 41.8 Å². The van der Waals surface area contributed by atoms with Crippen molar-refractivity contribution in [3.8, 4) is 11.4 Å². The molecule has 0 N–H and O–H groups in total. The molecular weight excluding hydrogens is 347 g/mol. The highest BCUT2D eigenvalue weighted by molar-refractivity contribution is 5.79. The average Bonchev–Trinajstić information content (AvgIpc) is 3.34. The van der Waals surface area contributed by atoms with Gasteiger partial charge in [-0.1, -0.05) is 18.2 Å². The van der Waals surface area contributed by atoms with E-state index in [1.54, 1.807) is 30.6 Å². The fraction of sp³-hybridized carbons (Fsp3) is 0.316. The average molecular weight is 366 g/mol. The van der Waals surface area contributed by atoms with Crippen LogP contribution in [0.1, 0.15) is 18.4 Å². The number of nitrogens with zero attached hydrogens (tertiary/aromatic N) is 6. The van der Waals surface area contributed by atoms with Crippen molar-refractivity contribution in [2.75, 3.05) is 6.54 Å². The third-order valence-electron chi connectivity index (χ3n) is 4.76. The number of hydrogen-bond donors (Lipinski definition) is 0. The molecule has 1 aromatic carbocycles. The highest BCUT2D eigenvalue weighted by Crippen LogP contribution is 2.21. The Kier molecular flexibility index (Phi) is 4.86. The number of rotatable bonds is 5. The number of carbonyl (C=O) groups excluding carboxylic acids is 1. The van der Waals surface area contributed by atoms with Gasteiger partial charge in [-0.25, -0.2) is 4.39 Å². The van der Waals surface area contributed by atoms with E-state index in [-0.39, 0.29) is 24.2 Å². The van der Waals surface area contributed by atoms with Gasteiger partial charge in [0.05, 0.1) is 19.0 Å². The lowest BCUT2D eigenvalue weighted by molar-refractivity contribution is -0.131. The summed E-state index contributed by atoms with van der Waals surface area (Å²) in [6.45, 7) is 1.14. The number of pyridine rings is 1. The molecule has 0 spiro atoms. The molecule has 0 saturated carbocycles. The lowest BCUT2D eigenvalue weighted by Gasteiger charge is -2.24. The van der Waals surface area contributed by atoms with Crippen LogP contribution in [0.25, 0.3) is 11.4 Å². The molecule has 3 heterocycles. The smallest absolute Gasteiger partial charge is 0.227 e. The number of carbonyl (C=O) groups is 1. The van der Waals surface area contributed by atoms with E-state index in [2.05, 4.69) is 20.4 Å². The van der Waals surface area contributed by atoms with Crippen LogP contribution in [0, 0.1) is 5.82 Å². The molecule has 1 aliphatic rings.